The van der Waals surface area contributed by atoms with Crippen molar-refractivity contribution in [2.75, 3.05) is 5.01 Å². The Kier molecular flexibility index (Phi) is 3.79. The number of hydrogen-bond acceptors (Lipinski definition) is 7. The standard InChI is InChI=1S/C9H11N5O4/c1-5-8(2-6(3-12-5)14(17)18)13(11)4-7(10)9(15)16/h2-4H,10-11H2,1H3,(H,15,16)/b7-4-. The van der Waals surface area contributed by atoms with Gasteiger partial charge in [-0.05, 0) is 6.92 Å². The van der Waals surface area contributed by atoms with E-state index in [-0.39, 0.29) is 11.4 Å². The molecule has 1 heterocycles. The third kappa shape index (κ3) is 2.92. The zero-order chi connectivity index (χ0) is 13.9. The minimum Gasteiger partial charge on any atom is -0.477 e. The number of aryl methyl sites for hydroxylation is 1. The van der Waals surface area contributed by atoms with E-state index in [0.717, 1.165) is 17.4 Å². The second-order valence-corrected chi connectivity index (χ2v) is 3.35. The highest BCUT2D eigenvalue weighted by molar-refractivity contribution is 5.86. The van der Waals surface area contributed by atoms with E-state index in [1.165, 1.54) is 6.07 Å². The number of aliphatic carboxylic acids is 1. The van der Waals surface area contributed by atoms with Gasteiger partial charge in [0.1, 0.15) is 11.9 Å². The van der Waals surface area contributed by atoms with Crippen LogP contribution in [0, 0.1) is 17.0 Å². The number of carboxylic acids is 1. The Balaban J connectivity index is 3.16. The molecule has 0 spiro atoms. The topological polar surface area (TPSA) is 149 Å². The molecule has 0 atom stereocenters. The van der Waals surface area contributed by atoms with Gasteiger partial charge in [0.2, 0.25) is 0 Å². The van der Waals surface area contributed by atoms with Crippen molar-refractivity contribution in [1.29, 1.82) is 0 Å². The Bertz CT molecular complexity index is 528. The number of carboxylic acid groups (broad SMARTS) is 1. The lowest BCUT2D eigenvalue weighted by molar-refractivity contribution is -0.385. The second-order valence-electron chi connectivity index (χ2n) is 3.35. The molecule has 18 heavy (non-hydrogen) atoms. The largest absolute Gasteiger partial charge is 0.477 e. The Morgan fingerprint density at radius 1 is 1.67 bits per heavy atom. The molecular formula is C9H11N5O4. The minimum absolute atomic E-state index is 0.188. The van der Waals surface area contributed by atoms with Crippen molar-refractivity contribution in [3.05, 3.63) is 40.0 Å². The maximum absolute atomic E-state index is 10.6. The third-order valence-corrected chi connectivity index (χ3v) is 2.06. The number of hydrazine groups is 1. The molecule has 0 aliphatic rings. The summed E-state index contributed by atoms with van der Waals surface area (Å²) in [5.74, 6) is 4.21. The molecule has 9 heteroatoms. The van der Waals surface area contributed by atoms with Crippen molar-refractivity contribution in [2.24, 2.45) is 11.6 Å². The van der Waals surface area contributed by atoms with Crippen molar-refractivity contribution in [3.8, 4) is 0 Å². The number of nitro groups is 1. The van der Waals surface area contributed by atoms with Crippen LogP contribution < -0.4 is 16.6 Å². The fourth-order valence-corrected chi connectivity index (χ4v) is 1.15. The van der Waals surface area contributed by atoms with Crippen molar-refractivity contribution in [2.45, 2.75) is 6.92 Å². The van der Waals surface area contributed by atoms with Crippen LogP contribution >= 0.6 is 0 Å². The lowest BCUT2D eigenvalue weighted by atomic mass is 10.3. The summed E-state index contributed by atoms with van der Waals surface area (Å²) in [7, 11) is 0. The zero-order valence-corrected chi connectivity index (χ0v) is 9.40. The molecule has 0 aliphatic carbocycles. The van der Waals surface area contributed by atoms with Gasteiger partial charge in [0, 0.05) is 6.07 Å². The van der Waals surface area contributed by atoms with Crippen LogP contribution in [0.5, 0.6) is 0 Å². The molecule has 96 valence electrons. The molecule has 9 nitrogen and oxygen atoms in total. The summed E-state index contributed by atoms with van der Waals surface area (Å²) in [4.78, 5) is 24.3. The maximum Gasteiger partial charge on any atom is 0.353 e. The molecule has 5 N–H and O–H groups in total. The molecule has 0 unspecified atom stereocenters. The summed E-state index contributed by atoms with van der Waals surface area (Å²) < 4.78 is 0. The van der Waals surface area contributed by atoms with Crippen LogP contribution in [0.3, 0.4) is 0 Å². The summed E-state index contributed by atoms with van der Waals surface area (Å²) in [6, 6.07) is 1.17. The first-order chi connectivity index (χ1) is 8.32. The minimum atomic E-state index is -1.35. The Morgan fingerprint density at radius 2 is 2.28 bits per heavy atom. The quantitative estimate of drug-likeness (QED) is 0.290. The smallest absolute Gasteiger partial charge is 0.353 e. The molecule has 0 bridgehead atoms. The maximum atomic E-state index is 10.6. The average molecular weight is 253 g/mol. The van der Waals surface area contributed by atoms with E-state index in [4.69, 9.17) is 16.7 Å². The van der Waals surface area contributed by atoms with Crippen molar-refractivity contribution in [3.63, 3.8) is 0 Å². The molecule has 1 aromatic rings. The van der Waals surface area contributed by atoms with Crippen LogP contribution in [0.4, 0.5) is 11.4 Å². The highest BCUT2D eigenvalue weighted by Crippen LogP contribution is 2.21. The fraction of sp³-hybridized carbons (Fsp3) is 0.111. The Morgan fingerprint density at radius 3 is 2.78 bits per heavy atom. The second kappa shape index (κ2) is 5.10. The summed E-state index contributed by atoms with van der Waals surface area (Å²) >= 11 is 0. The highest BCUT2D eigenvalue weighted by Gasteiger charge is 2.13. The van der Waals surface area contributed by atoms with Gasteiger partial charge in [-0.15, -0.1) is 0 Å². The summed E-state index contributed by atoms with van der Waals surface area (Å²) in [5.41, 5.74) is 5.02. The lowest BCUT2D eigenvalue weighted by Crippen LogP contribution is -2.28. The predicted octanol–water partition coefficient (Wildman–Crippen LogP) is -0.137. The molecule has 0 fully saturated rings. The van der Waals surface area contributed by atoms with E-state index in [1.54, 1.807) is 6.92 Å². The summed E-state index contributed by atoms with van der Waals surface area (Å²) in [6.07, 6.45) is 2.02. The van der Waals surface area contributed by atoms with Gasteiger partial charge in [-0.25, -0.2) is 10.6 Å². The van der Waals surface area contributed by atoms with Crippen molar-refractivity contribution >= 4 is 17.3 Å². The van der Waals surface area contributed by atoms with E-state index >= 15 is 0 Å². The lowest BCUT2D eigenvalue weighted by Gasteiger charge is -2.15. The molecule has 1 aromatic heterocycles. The number of hydrogen-bond donors (Lipinski definition) is 3. The molecule has 0 aromatic carbocycles. The normalized spacial score (nSPS) is 11.1. The monoisotopic (exact) mass is 253 g/mol. The van der Waals surface area contributed by atoms with Crippen molar-refractivity contribution < 1.29 is 14.8 Å². The summed E-state index contributed by atoms with van der Waals surface area (Å²) in [6.45, 7) is 1.57. The van der Waals surface area contributed by atoms with E-state index in [2.05, 4.69) is 4.98 Å². The zero-order valence-electron chi connectivity index (χ0n) is 9.40. The van der Waals surface area contributed by atoms with Crippen LogP contribution in [-0.4, -0.2) is 21.0 Å². The number of anilines is 1. The number of carbonyl (C=O) groups is 1. The van der Waals surface area contributed by atoms with Gasteiger partial charge in [0.15, 0.2) is 0 Å². The van der Waals surface area contributed by atoms with Gasteiger partial charge < -0.3 is 10.8 Å². The van der Waals surface area contributed by atoms with Crippen LogP contribution in [-0.2, 0) is 4.79 Å². The van der Waals surface area contributed by atoms with Crippen LogP contribution in [0.2, 0.25) is 0 Å². The molecule has 0 saturated carbocycles. The number of rotatable bonds is 4. The van der Waals surface area contributed by atoms with Gasteiger partial charge in [0.05, 0.1) is 22.5 Å². The number of aromatic nitrogens is 1. The first kappa shape index (κ1) is 13.4. The van der Waals surface area contributed by atoms with Gasteiger partial charge in [-0.1, -0.05) is 0 Å². The van der Waals surface area contributed by atoms with Gasteiger partial charge in [0.25, 0.3) is 5.69 Å². The number of nitrogens with zero attached hydrogens (tertiary/aromatic N) is 3. The molecular weight excluding hydrogens is 242 g/mol. The fourth-order valence-electron chi connectivity index (χ4n) is 1.15. The van der Waals surface area contributed by atoms with Gasteiger partial charge in [-0.2, -0.15) is 0 Å². The van der Waals surface area contributed by atoms with E-state index < -0.39 is 16.6 Å². The first-order valence-electron chi connectivity index (χ1n) is 4.68. The molecule has 1 rings (SSSR count). The van der Waals surface area contributed by atoms with Gasteiger partial charge >= 0.3 is 5.97 Å². The van der Waals surface area contributed by atoms with Gasteiger partial charge in [-0.3, -0.25) is 20.1 Å². The van der Waals surface area contributed by atoms with E-state index in [0.29, 0.717) is 5.69 Å². The molecule has 0 aliphatic heterocycles. The predicted molar refractivity (Wildman–Crippen MR) is 62.2 cm³/mol. The first-order valence-corrected chi connectivity index (χ1v) is 4.68. The molecule has 0 radical (unpaired) electrons. The van der Waals surface area contributed by atoms with E-state index in [1.807, 2.05) is 0 Å². The van der Waals surface area contributed by atoms with Crippen LogP contribution in [0.25, 0.3) is 0 Å². The van der Waals surface area contributed by atoms with Crippen LogP contribution in [0.1, 0.15) is 5.69 Å². The third-order valence-electron chi connectivity index (χ3n) is 2.06. The SMILES string of the molecule is Cc1ncc([N+](=O)[O-])cc1N(N)/C=C(\N)C(=O)O. The average Bonchev–Trinajstić information content (AvgIpc) is 2.28. The number of nitrogens with two attached hydrogens (primary N) is 2. The highest BCUT2D eigenvalue weighted by atomic mass is 16.6. The Hall–Kier alpha value is -2.68. The Labute approximate surface area is 101 Å². The number of pyridine rings is 1. The summed E-state index contributed by atoms with van der Waals surface area (Å²) in [5, 5.41) is 20.1. The molecule has 0 amide bonds. The van der Waals surface area contributed by atoms with E-state index in [9.17, 15) is 14.9 Å². The van der Waals surface area contributed by atoms with Crippen molar-refractivity contribution in [1.82, 2.24) is 4.98 Å². The van der Waals surface area contributed by atoms with Crippen LogP contribution in [0.15, 0.2) is 24.2 Å². The molecule has 0 saturated heterocycles.